The average Bonchev–Trinajstić information content (AvgIpc) is 2.86. The fraction of sp³-hybridized carbons (Fsp3) is 0.133. The molecule has 0 saturated heterocycles. The van der Waals surface area contributed by atoms with Gasteiger partial charge < -0.3 is 9.67 Å². The first-order valence-corrected chi connectivity index (χ1v) is 6.34. The molecule has 0 amide bonds. The Balaban J connectivity index is 2.33. The molecule has 0 aliphatic rings. The Morgan fingerprint density at radius 1 is 1.35 bits per heavy atom. The molecule has 3 rings (SSSR count). The van der Waals surface area contributed by atoms with E-state index in [1.807, 2.05) is 37.4 Å². The lowest BCUT2D eigenvalue weighted by Crippen LogP contribution is -2.02. The van der Waals surface area contributed by atoms with E-state index in [2.05, 4.69) is 14.5 Å². The quantitative estimate of drug-likeness (QED) is 0.792. The Kier molecular flexibility index (Phi) is 2.95. The van der Waals surface area contributed by atoms with Crippen LogP contribution in [0.15, 0.2) is 43.0 Å². The minimum atomic E-state index is -1.02. The minimum Gasteiger partial charge on any atom is -0.478 e. The molecule has 2 heterocycles. The van der Waals surface area contributed by atoms with Crippen molar-refractivity contribution in [1.82, 2.24) is 14.5 Å². The van der Waals surface area contributed by atoms with Gasteiger partial charge in [-0.25, -0.2) is 14.8 Å². The molecule has 5 heteroatoms. The largest absolute Gasteiger partial charge is 0.478 e. The van der Waals surface area contributed by atoms with Crippen molar-refractivity contribution in [2.75, 3.05) is 0 Å². The highest BCUT2D eigenvalue weighted by atomic mass is 16.4. The lowest BCUT2D eigenvalue weighted by molar-refractivity contribution is 0.0697. The predicted molar refractivity (Wildman–Crippen MR) is 75.6 cm³/mol. The lowest BCUT2D eigenvalue weighted by atomic mass is 10.1. The molecule has 0 atom stereocenters. The van der Waals surface area contributed by atoms with E-state index in [-0.39, 0.29) is 5.56 Å². The van der Waals surface area contributed by atoms with Crippen LogP contribution in [-0.4, -0.2) is 25.6 Å². The van der Waals surface area contributed by atoms with E-state index in [1.54, 1.807) is 0 Å². The van der Waals surface area contributed by atoms with Crippen LogP contribution in [0.1, 0.15) is 17.3 Å². The smallest absolute Gasteiger partial charge is 0.339 e. The average molecular weight is 267 g/mol. The maximum Gasteiger partial charge on any atom is 0.339 e. The topological polar surface area (TPSA) is 68.0 Å². The highest BCUT2D eigenvalue weighted by Crippen LogP contribution is 2.31. The van der Waals surface area contributed by atoms with Crippen LogP contribution in [0.2, 0.25) is 0 Å². The molecule has 1 aromatic carbocycles. The van der Waals surface area contributed by atoms with Gasteiger partial charge >= 0.3 is 5.97 Å². The van der Waals surface area contributed by atoms with Crippen molar-refractivity contribution in [2.45, 2.75) is 13.5 Å². The molecular weight excluding hydrogens is 254 g/mol. The summed E-state index contributed by atoms with van der Waals surface area (Å²) in [6, 6.07) is 7.90. The predicted octanol–water partition coefficient (Wildman–Crippen LogP) is 2.82. The number of carbonyl (C=O) groups is 1. The number of fused-ring (bicyclic) bond motifs is 1. The van der Waals surface area contributed by atoms with Gasteiger partial charge in [0, 0.05) is 35.4 Å². The molecule has 0 spiro atoms. The zero-order chi connectivity index (χ0) is 14.1. The maximum atomic E-state index is 11.3. The summed E-state index contributed by atoms with van der Waals surface area (Å²) in [5.74, 6) is -1.02. The minimum absolute atomic E-state index is 0.117. The second-order valence-electron chi connectivity index (χ2n) is 4.44. The zero-order valence-electron chi connectivity index (χ0n) is 10.9. The molecule has 2 aromatic heterocycles. The van der Waals surface area contributed by atoms with Gasteiger partial charge in [0.2, 0.25) is 0 Å². The third-order valence-electron chi connectivity index (χ3n) is 3.33. The molecule has 0 aliphatic heterocycles. The number of aromatic nitrogens is 3. The third-order valence-corrected chi connectivity index (χ3v) is 3.33. The maximum absolute atomic E-state index is 11.3. The second kappa shape index (κ2) is 4.77. The number of rotatable bonds is 3. The standard InChI is InChI=1S/C15H13N3O2/c1-2-18-8-12(10-5-3-4-6-13(10)18)14-11(15(19)20)7-16-9-17-14/h3-9H,2H2,1H3,(H,19,20). The van der Waals surface area contributed by atoms with Gasteiger partial charge in [0.05, 0.1) is 5.69 Å². The van der Waals surface area contributed by atoms with Crippen molar-refractivity contribution >= 4 is 16.9 Å². The number of nitrogens with zero attached hydrogens (tertiary/aromatic N) is 3. The van der Waals surface area contributed by atoms with Crippen LogP contribution in [0, 0.1) is 0 Å². The summed E-state index contributed by atoms with van der Waals surface area (Å²) in [5, 5.41) is 10.3. The first-order valence-electron chi connectivity index (χ1n) is 6.34. The van der Waals surface area contributed by atoms with Crippen molar-refractivity contribution in [2.24, 2.45) is 0 Å². The highest BCUT2D eigenvalue weighted by Gasteiger charge is 2.17. The molecule has 0 fully saturated rings. The van der Waals surface area contributed by atoms with Gasteiger partial charge in [-0.1, -0.05) is 18.2 Å². The van der Waals surface area contributed by atoms with Crippen LogP contribution in [0.5, 0.6) is 0 Å². The van der Waals surface area contributed by atoms with Crippen LogP contribution >= 0.6 is 0 Å². The van der Waals surface area contributed by atoms with Crippen LogP contribution in [0.3, 0.4) is 0 Å². The van der Waals surface area contributed by atoms with Crippen molar-refractivity contribution in [3.05, 3.63) is 48.5 Å². The van der Waals surface area contributed by atoms with Gasteiger partial charge in [-0.2, -0.15) is 0 Å². The second-order valence-corrected chi connectivity index (χ2v) is 4.44. The summed E-state index contributed by atoms with van der Waals surface area (Å²) in [6.45, 7) is 2.86. The Hall–Kier alpha value is -2.69. The highest BCUT2D eigenvalue weighted by molar-refractivity contribution is 6.01. The van der Waals surface area contributed by atoms with Gasteiger partial charge in [-0.3, -0.25) is 0 Å². The summed E-state index contributed by atoms with van der Waals surface area (Å²) < 4.78 is 2.08. The number of carboxylic acids is 1. The summed E-state index contributed by atoms with van der Waals surface area (Å²) in [7, 11) is 0. The SMILES string of the molecule is CCn1cc(-c2ncncc2C(=O)O)c2ccccc21. The van der Waals surface area contributed by atoms with E-state index < -0.39 is 5.97 Å². The summed E-state index contributed by atoms with van der Waals surface area (Å²) in [4.78, 5) is 19.3. The van der Waals surface area contributed by atoms with Crippen LogP contribution in [-0.2, 0) is 6.54 Å². The van der Waals surface area contributed by atoms with Crippen molar-refractivity contribution in [3.8, 4) is 11.3 Å². The first-order chi connectivity index (χ1) is 9.72. The molecule has 0 saturated carbocycles. The lowest BCUT2D eigenvalue weighted by Gasteiger charge is -2.02. The fourth-order valence-electron chi connectivity index (χ4n) is 2.40. The van der Waals surface area contributed by atoms with E-state index in [9.17, 15) is 9.90 Å². The van der Waals surface area contributed by atoms with E-state index >= 15 is 0 Å². The summed E-state index contributed by atoms with van der Waals surface area (Å²) in [6.07, 6.45) is 4.65. The van der Waals surface area contributed by atoms with Gasteiger partial charge in [0.15, 0.2) is 0 Å². The molecule has 0 bridgehead atoms. The van der Waals surface area contributed by atoms with Gasteiger partial charge in [0.1, 0.15) is 11.9 Å². The summed E-state index contributed by atoms with van der Waals surface area (Å²) >= 11 is 0. The molecule has 0 radical (unpaired) electrons. The Morgan fingerprint density at radius 2 is 2.15 bits per heavy atom. The van der Waals surface area contributed by atoms with Gasteiger partial charge in [-0.15, -0.1) is 0 Å². The first kappa shape index (κ1) is 12.3. The molecule has 3 aromatic rings. The molecule has 100 valence electrons. The van der Waals surface area contributed by atoms with Crippen LogP contribution in [0.25, 0.3) is 22.2 Å². The normalized spacial score (nSPS) is 10.8. The zero-order valence-corrected chi connectivity index (χ0v) is 10.9. The number of aromatic carboxylic acids is 1. The Morgan fingerprint density at radius 3 is 2.90 bits per heavy atom. The van der Waals surface area contributed by atoms with E-state index in [0.29, 0.717) is 5.69 Å². The van der Waals surface area contributed by atoms with Crippen LogP contribution in [0.4, 0.5) is 0 Å². The van der Waals surface area contributed by atoms with E-state index in [1.165, 1.54) is 12.5 Å². The molecule has 1 N–H and O–H groups in total. The molecule has 0 unspecified atom stereocenters. The Labute approximate surface area is 115 Å². The van der Waals surface area contributed by atoms with Gasteiger partial charge in [0.25, 0.3) is 0 Å². The fourth-order valence-corrected chi connectivity index (χ4v) is 2.40. The monoisotopic (exact) mass is 267 g/mol. The van der Waals surface area contributed by atoms with E-state index in [0.717, 1.165) is 23.0 Å². The van der Waals surface area contributed by atoms with Crippen molar-refractivity contribution < 1.29 is 9.90 Å². The van der Waals surface area contributed by atoms with Crippen molar-refractivity contribution in [3.63, 3.8) is 0 Å². The number of para-hydroxylation sites is 1. The number of benzene rings is 1. The molecule has 20 heavy (non-hydrogen) atoms. The van der Waals surface area contributed by atoms with Crippen molar-refractivity contribution in [1.29, 1.82) is 0 Å². The molecule has 0 aliphatic carbocycles. The number of hydrogen-bond acceptors (Lipinski definition) is 3. The molecule has 5 nitrogen and oxygen atoms in total. The number of hydrogen-bond donors (Lipinski definition) is 1. The van der Waals surface area contributed by atoms with Crippen LogP contribution < -0.4 is 0 Å². The number of carboxylic acid groups (broad SMARTS) is 1. The van der Waals surface area contributed by atoms with Gasteiger partial charge in [-0.05, 0) is 13.0 Å². The third kappa shape index (κ3) is 1.84. The number of aryl methyl sites for hydroxylation is 1. The van der Waals surface area contributed by atoms with E-state index in [4.69, 9.17) is 0 Å². The molecular formula is C15H13N3O2. The summed E-state index contributed by atoms with van der Waals surface area (Å²) in [5.41, 5.74) is 2.46. The Bertz CT molecular complexity index is 793.